The van der Waals surface area contributed by atoms with Gasteiger partial charge >= 0.3 is 6.18 Å². The van der Waals surface area contributed by atoms with E-state index in [1.165, 1.54) is 6.07 Å². The molecule has 0 amide bonds. The lowest BCUT2D eigenvalue weighted by atomic mass is 10.1. The fraction of sp³-hybridized carbons (Fsp3) is 0.308. The Bertz CT molecular complexity index is 627. The van der Waals surface area contributed by atoms with Gasteiger partial charge in [0.05, 0.1) is 6.04 Å². The molecule has 114 valence electrons. The van der Waals surface area contributed by atoms with E-state index in [2.05, 4.69) is 26.2 Å². The van der Waals surface area contributed by atoms with Gasteiger partial charge in [-0.15, -0.1) is 11.3 Å². The minimum absolute atomic E-state index is 0.289. The molecule has 0 aliphatic heterocycles. The highest BCUT2D eigenvalue weighted by atomic mass is 79.9. The molecule has 2 nitrogen and oxygen atoms in total. The summed E-state index contributed by atoms with van der Waals surface area (Å²) in [5.41, 5.74) is 0.289. The van der Waals surface area contributed by atoms with Gasteiger partial charge in [-0.05, 0) is 18.7 Å². The summed E-state index contributed by atoms with van der Waals surface area (Å²) in [7, 11) is 0. The van der Waals surface area contributed by atoms with E-state index in [4.69, 9.17) is 0 Å². The smallest absolute Gasteiger partial charge is 0.306 e. The number of nitrogens with one attached hydrogen (secondary N) is 1. The zero-order valence-corrected chi connectivity index (χ0v) is 13.2. The van der Waals surface area contributed by atoms with Crippen LogP contribution in [0.15, 0.2) is 28.9 Å². The quantitative estimate of drug-likeness (QED) is 0.770. The third kappa shape index (κ3) is 3.81. The van der Waals surface area contributed by atoms with Crippen molar-refractivity contribution >= 4 is 27.3 Å². The topological polar surface area (TPSA) is 24.9 Å². The first kappa shape index (κ1) is 16.4. The summed E-state index contributed by atoms with van der Waals surface area (Å²) in [6.07, 6.45) is -3.35. The van der Waals surface area contributed by atoms with Gasteiger partial charge in [-0.3, -0.25) is 0 Å². The zero-order chi connectivity index (χ0) is 15.6. The lowest BCUT2D eigenvalue weighted by molar-refractivity contribution is -0.137. The molecule has 2 rings (SSSR count). The van der Waals surface area contributed by atoms with E-state index in [1.807, 2.05) is 0 Å². The Hall–Kier alpha value is -0.990. The molecule has 1 unspecified atom stereocenters. The summed E-state index contributed by atoms with van der Waals surface area (Å²) in [5.74, 6) is -0.489. The highest BCUT2D eigenvalue weighted by Gasteiger charge is 2.35. The Morgan fingerprint density at radius 3 is 2.62 bits per heavy atom. The number of aromatic nitrogens is 1. The van der Waals surface area contributed by atoms with Gasteiger partial charge in [0.1, 0.15) is 5.82 Å². The van der Waals surface area contributed by atoms with Crippen LogP contribution in [0.5, 0.6) is 0 Å². The van der Waals surface area contributed by atoms with E-state index in [9.17, 15) is 17.6 Å². The number of rotatable bonds is 4. The van der Waals surface area contributed by atoms with Gasteiger partial charge in [0.2, 0.25) is 0 Å². The molecule has 0 spiro atoms. The Morgan fingerprint density at radius 1 is 1.38 bits per heavy atom. The number of hydrogen-bond donors (Lipinski definition) is 1. The number of thiazole rings is 1. The van der Waals surface area contributed by atoms with Gasteiger partial charge in [-0.2, -0.15) is 13.2 Å². The highest BCUT2D eigenvalue weighted by Crippen LogP contribution is 2.36. The van der Waals surface area contributed by atoms with E-state index in [0.29, 0.717) is 27.2 Å². The van der Waals surface area contributed by atoms with Crippen LogP contribution in [0.25, 0.3) is 0 Å². The molecule has 1 aromatic carbocycles. The summed E-state index contributed by atoms with van der Waals surface area (Å²) in [6.45, 7) is 2.29. The van der Waals surface area contributed by atoms with Crippen LogP contribution in [0, 0.1) is 5.82 Å². The largest absolute Gasteiger partial charge is 0.443 e. The third-order valence-electron chi connectivity index (χ3n) is 2.73. The monoisotopic (exact) mass is 382 g/mol. The molecule has 0 bridgehead atoms. The molecule has 0 aliphatic carbocycles. The molecule has 8 heteroatoms. The molecule has 0 fully saturated rings. The van der Waals surface area contributed by atoms with Gasteiger partial charge < -0.3 is 5.32 Å². The Kier molecular flexibility index (Phi) is 5.00. The Balaban J connectivity index is 2.41. The fourth-order valence-corrected chi connectivity index (χ4v) is 3.07. The van der Waals surface area contributed by atoms with Crippen molar-refractivity contribution in [3.8, 4) is 0 Å². The summed E-state index contributed by atoms with van der Waals surface area (Å²) in [5, 5.41) is 2.06. The Labute approximate surface area is 131 Å². The third-order valence-corrected chi connectivity index (χ3v) is 4.33. The van der Waals surface area contributed by atoms with Crippen molar-refractivity contribution in [2.75, 3.05) is 6.54 Å². The molecule has 2 aromatic rings. The number of benzene rings is 1. The molecule has 1 aromatic heterocycles. The molecule has 1 N–H and O–H groups in total. The number of nitrogens with zero attached hydrogens (tertiary/aromatic N) is 1. The van der Waals surface area contributed by atoms with Crippen molar-refractivity contribution in [2.24, 2.45) is 0 Å². The second-order valence-electron chi connectivity index (χ2n) is 4.22. The first-order valence-corrected chi connectivity index (χ1v) is 7.65. The summed E-state index contributed by atoms with van der Waals surface area (Å²) < 4.78 is 52.5. The fourth-order valence-electron chi connectivity index (χ4n) is 1.85. The van der Waals surface area contributed by atoms with E-state index in [-0.39, 0.29) is 5.56 Å². The van der Waals surface area contributed by atoms with Crippen molar-refractivity contribution in [2.45, 2.75) is 19.1 Å². The molecule has 0 aliphatic rings. The molecule has 0 saturated carbocycles. The zero-order valence-electron chi connectivity index (χ0n) is 10.8. The lowest BCUT2D eigenvalue weighted by Gasteiger charge is -2.17. The van der Waals surface area contributed by atoms with Crippen LogP contribution < -0.4 is 5.32 Å². The van der Waals surface area contributed by atoms with Crippen molar-refractivity contribution in [1.82, 2.24) is 10.3 Å². The van der Waals surface area contributed by atoms with Gasteiger partial charge in [0.25, 0.3) is 0 Å². The van der Waals surface area contributed by atoms with Crippen molar-refractivity contribution in [1.29, 1.82) is 0 Å². The SMILES string of the molecule is CCNC(c1cnc(C(F)(F)F)s1)c1ccc(Br)cc1F. The van der Waals surface area contributed by atoms with Crippen LogP contribution in [0.3, 0.4) is 0 Å². The maximum Gasteiger partial charge on any atom is 0.443 e. The van der Waals surface area contributed by atoms with Crippen LogP contribution in [0.2, 0.25) is 0 Å². The molecule has 1 atom stereocenters. The maximum absolute atomic E-state index is 14.0. The molecular formula is C13H11BrF4N2S. The van der Waals surface area contributed by atoms with Crippen LogP contribution in [0.1, 0.15) is 28.4 Å². The predicted octanol–water partition coefficient (Wildman–Crippen LogP) is 4.76. The van der Waals surface area contributed by atoms with E-state index >= 15 is 0 Å². The van der Waals surface area contributed by atoms with Gasteiger partial charge in [-0.25, -0.2) is 9.37 Å². The molecule has 1 heterocycles. The van der Waals surface area contributed by atoms with Crippen LogP contribution in [-0.2, 0) is 6.18 Å². The molecule has 0 radical (unpaired) electrons. The Morgan fingerprint density at radius 2 is 2.10 bits per heavy atom. The average molecular weight is 383 g/mol. The standard InChI is InChI=1S/C13H11BrF4N2S/c1-2-19-11(8-4-3-7(14)5-9(8)15)10-6-20-12(21-10)13(16,17)18/h3-6,11,19H,2H2,1H3. The van der Waals surface area contributed by atoms with E-state index < -0.39 is 23.0 Å². The van der Waals surface area contributed by atoms with Gasteiger partial charge in [0, 0.05) is 21.1 Å². The van der Waals surface area contributed by atoms with Crippen LogP contribution >= 0.6 is 27.3 Å². The maximum atomic E-state index is 14.0. The minimum Gasteiger partial charge on any atom is -0.306 e. The molecule has 0 saturated heterocycles. The van der Waals surface area contributed by atoms with E-state index in [1.54, 1.807) is 19.1 Å². The average Bonchev–Trinajstić information content (AvgIpc) is 2.86. The predicted molar refractivity (Wildman–Crippen MR) is 76.7 cm³/mol. The van der Waals surface area contributed by atoms with Crippen molar-refractivity contribution in [3.63, 3.8) is 0 Å². The normalized spacial score (nSPS) is 13.4. The van der Waals surface area contributed by atoms with Crippen LogP contribution in [0.4, 0.5) is 17.6 Å². The van der Waals surface area contributed by atoms with Crippen molar-refractivity contribution < 1.29 is 17.6 Å². The number of hydrogen-bond acceptors (Lipinski definition) is 3. The summed E-state index contributed by atoms with van der Waals surface area (Å²) in [4.78, 5) is 3.71. The van der Waals surface area contributed by atoms with Gasteiger partial charge in [-0.1, -0.05) is 28.9 Å². The summed E-state index contributed by atoms with van der Waals surface area (Å²) >= 11 is 3.67. The second-order valence-corrected chi connectivity index (χ2v) is 6.20. The number of alkyl halides is 3. The number of halogens is 5. The minimum atomic E-state index is -4.49. The highest BCUT2D eigenvalue weighted by molar-refractivity contribution is 9.10. The first-order chi connectivity index (χ1) is 9.82. The van der Waals surface area contributed by atoms with E-state index in [0.717, 1.165) is 6.20 Å². The molecule has 21 heavy (non-hydrogen) atoms. The van der Waals surface area contributed by atoms with Crippen LogP contribution in [-0.4, -0.2) is 11.5 Å². The molecular weight excluding hydrogens is 372 g/mol. The van der Waals surface area contributed by atoms with Crippen molar-refractivity contribution in [3.05, 3.63) is 50.1 Å². The first-order valence-electron chi connectivity index (χ1n) is 6.04. The summed E-state index contributed by atoms with van der Waals surface area (Å²) in [6, 6.07) is 3.82. The lowest BCUT2D eigenvalue weighted by Crippen LogP contribution is -2.22. The second kappa shape index (κ2) is 6.41. The van der Waals surface area contributed by atoms with Gasteiger partial charge in [0.15, 0.2) is 5.01 Å².